The van der Waals surface area contributed by atoms with Crippen molar-refractivity contribution in [1.82, 2.24) is 0 Å². The third-order valence-corrected chi connectivity index (χ3v) is 3.16. The van der Waals surface area contributed by atoms with Gasteiger partial charge in [0.15, 0.2) is 17.3 Å². The number of methoxy groups -OCH3 is 1. The Morgan fingerprint density at radius 2 is 1.91 bits per heavy atom. The highest BCUT2D eigenvalue weighted by Gasteiger charge is 2.24. The summed E-state index contributed by atoms with van der Waals surface area (Å²) in [6.07, 6.45) is 0. The molecule has 0 spiro atoms. The van der Waals surface area contributed by atoms with Crippen LogP contribution in [0.5, 0.6) is 11.5 Å². The van der Waals surface area contributed by atoms with E-state index in [1.807, 2.05) is 30.3 Å². The molecule has 0 radical (unpaired) electrons. The minimum Gasteiger partial charge on any atom is -0.493 e. The van der Waals surface area contributed by atoms with Crippen molar-refractivity contribution in [1.29, 1.82) is 0 Å². The molecule has 7 nitrogen and oxygen atoms in total. The number of carbonyl (C=O) groups excluding carboxylic acids is 1. The number of nitrogens with zero attached hydrogens (tertiary/aromatic N) is 1. The van der Waals surface area contributed by atoms with E-state index < -0.39 is 23.0 Å². The molecule has 2 aromatic rings. The average molecular weight is 317 g/mol. The second kappa shape index (κ2) is 7.37. The SMILES string of the molecule is COc1cc(C(=O)CO)c([N+](=O)[O-])cc1OCc1ccccc1. The number of aliphatic hydroxyl groups excluding tert-OH is 1. The van der Waals surface area contributed by atoms with Gasteiger partial charge < -0.3 is 14.6 Å². The first-order valence-corrected chi connectivity index (χ1v) is 6.74. The summed E-state index contributed by atoms with van der Waals surface area (Å²) in [4.78, 5) is 22.1. The third-order valence-electron chi connectivity index (χ3n) is 3.16. The predicted molar refractivity (Wildman–Crippen MR) is 81.8 cm³/mol. The van der Waals surface area contributed by atoms with Gasteiger partial charge in [-0.05, 0) is 5.56 Å². The van der Waals surface area contributed by atoms with E-state index >= 15 is 0 Å². The van der Waals surface area contributed by atoms with Crippen molar-refractivity contribution in [2.45, 2.75) is 6.61 Å². The molecule has 0 aliphatic rings. The standard InChI is InChI=1S/C16H15NO6/c1-22-15-7-12(14(19)9-18)13(17(20)21)8-16(15)23-10-11-5-3-2-4-6-11/h2-8,18H,9-10H2,1H3. The number of nitro groups is 1. The topological polar surface area (TPSA) is 98.9 Å². The average Bonchev–Trinajstić information content (AvgIpc) is 2.59. The second-order valence-corrected chi connectivity index (χ2v) is 4.63. The Morgan fingerprint density at radius 1 is 1.22 bits per heavy atom. The van der Waals surface area contributed by atoms with Crippen LogP contribution in [0.15, 0.2) is 42.5 Å². The van der Waals surface area contributed by atoms with Gasteiger partial charge in [0.05, 0.1) is 18.1 Å². The Kier molecular flexibility index (Phi) is 5.27. The van der Waals surface area contributed by atoms with Gasteiger partial charge in [0.2, 0.25) is 0 Å². The lowest BCUT2D eigenvalue weighted by molar-refractivity contribution is -0.385. The summed E-state index contributed by atoms with van der Waals surface area (Å²) in [7, 11) is 1.36. The first-order chi connectivity index (χ1) is 11.1. The van der Waals surface area contributed by atoms with Crippen LogP contribution in [-0.4, -0.2) is 29.5 Å². The lowest BCUT2D eigenvalue weighted by Crippen LogP contribution is -2.09. The Balaban J connectivity index is 2.36. The number of aliphatic hydroxyl groups is 1. The molecule has 1 N–H and O–H groups in total. The molecule has 7 heteroatoms. The summed E-state index contributed by atoms with van der Waals surface area (Å²) in [6.45, 7) is -0.629. The van der Waals surface area contributed by atoms with Gasteiger partial charge in [0, 0.05) is 6.07 Å². The van der Waals surface area contributed by atoms with E-state index in [2.05, 4.69) is 0 Å². The monoisotopic (exact) mass is 317 g/mol. The van der Waals surface area contributed by atoms with Gasteiger partial charge in [-0.2, -0.15) is 0 Å². The van der Waals surface area contributed by atoms with Gasteiger partial charge in [-0.3, -0.25) is 14.9 Å². The van der Waals surface area contributed by atoms with Gasteiger partial charge in [-0.1, -0.05) is 30.3 Å². The second-order valence-electron chi connectivity index (χ2n) is 4.63. The zero-order chi connectivity index (χ0) is 16.8. The van der Waals surface area contributed by atoms with Crippen LogP contribution in [-0.2, 0) is 6.61 Å². The number of nitro benzene ring substituents is 1. The molecule has 120 valence electrons. The van der Waals surface area contributed by atoms with Gasteiger partial charge in [0.1, 0.15) is 18.8 Å². The Bertz CT molecular complexity index is 714. The summed E-state index contributed by atoms with van der Waals surface area (Å²) < 4.78 is 10.7. The number of hydrogen-bond acceptors (Lipinski definition) is 6. The van der Waals surface area contributed by atoms with E-state index in [1.54, 1.807) is 0 Å². The molecule has 0 fully saturated rings. The molecule has 0 aromatic heterocycles. The molecule has 0 unspecified atom stereocenters. The van der Waals surface area contributed by atoms with E-state index in [0.29, 0.717) is 0 Å². The van der Waals surface area contributed by atoms with Crippen LogP contribution in [0.25, 0.3) is 0 Å². The normalized spacial score (nSPS) is 10.2. The summed E-state index contributed by atoms with van der Waals surface area (Å²) >= 11 is 0. The third kappa shape index (κ3) is 3.83. The fourth-order valence-corrected chi connectivity index (χ4v) is 2.02. The molecule has 2 aromatic carbocycles. The number of rotatable bonds is 7. The molecule has 0 aliphatic carbocycles. The number of ether oxygens (including phenoxy) is 2. The summed E-state index contributed by atoms with van der Waals surface area (Å²) in [5, 5.41) is 20.1. The first kappa shape index (κ1) is 16.4. The smallest absolute Gasteiger partial charge is 0.284 e. The predicted octanol–water partition coefficient (Wildman–Crippen LogP) is 2.36. The Morgan fingerprint density at radius 3 is 2.48 bits per heavy atom. The first-order valence-electron chi connectivity index (χ1n) is 6.74. The van der Waals surface area contributed by atoms with E-state index in [1.165, 1.54) is 13.2 Å². The molecule has 0 saturated carbocycles. The van der Waals surface area contributed by atoms with Crippen LogP contribution in [0.1, 0.15) is 15.9 Å². The fourth-order valence-electron chi connectivity index (χ4n) is 2.02. The maximum atomic E-state index is 11.6. The van der Waals surface area contributed by atoms with Crippen LogP contribution >= 0.6 is 0 Å². The van der Waals surface area contributed by atoms with Crippen LogP contribution in [0.3, 0.4) is 0 Å². The Labute approximate surface area is 132 Å². The molecule has 2 rings (SSSR count). The molecular weight excluding hydrogens is 302 g/mol. The molecular formula is C16H15NO6. The lowest BCUT2D eigenvalue weighted by atomic mass is 10.1. The fraction of sp³-hybridized carbons (Fsp3) is 0.188. The molecule has 0 amide bonds. The van der Waals surface area contributed by atoms with Crippen molar-refractivity contribution in [3.8, 4) is 11.5 Å². The maximum absolute atomic E-state index is 11.6. The number of hydrogen-bond donors (Lipinski definition) is 1. The van der Waals surface area contributed by atoms with Crippen molar-refractivity contribution >= 4 is 11.5 Å². The zero-order valence-electron chi connectivity index (χ0n) is 12.4. The van der Waals surface area contributed by atoms with Crippen molar-refractivity contribution in [3.05, 3.63) is 63.7 Å². The molecule has 0 heterocycles. The highest BCUT2D eigenvalue weighted by atomic mass is 16.6. The van der Waals surface area contributed by atoms with Gasteiger partial charge in [0.25, 0.3) is 5.69 Å². The van der Waals surface area contributed by atoms with Crippen LogP contribution in [0, 0.1) is 10.1 Å². The number of carbonyl (C=O) groups is 1. The van der Waals surface area contributed by atoms with E-state index in [-0.39, 0.29) is 23.7 Å². The maximum Gasteiger partial charge on any atom is 0.284 e. The summed E-state index contributed by atoms with van der Waals surface area (Å²) in [5.41, 5.74) is 0.224. The number of Topliss-reactive ketones (excluding diaryl/α,β-unsaturated/α-hetero) is 1. The molecule has 0 bridgehead atoms. The summed E-state index contributed by atoms with van der Waals surface area (Å²) in [6, 6.07) is 11.6. The molecule has 0 saturated heterocycles. The van der Waals surface area contributed by atoms with Crippen molar-refractivity contribution in [3.63, 3.8) is 0 Å². The van der Waals surface area contributed by atoms with Crippen molar-refractivity contribution < 1.29 is 24.3 Å². The van der Waals surface area contributed by atoms with E-state index in [9.17, 15) is 14.9 Å². The molecule has 23 heavy (non-hydrogen) atoms. The highest BCUT2D eigenvalue weighted by Crippen LogP contribution is 2.35. The molecule has 0 aliphatic heterocycles. The molecule has 0 atom stereocenters. The quantitative estimate of drug-likeness (QED) is 0.478. The van der Waals surface area contributed by atoms with Crippen LogP contribution in [0.4, 0.5) is 5.69 Å². The number of benzene rings is 2. The minimum absolute atomic E-state index is 0.151. The van der Waals surface area contributed by atoms with Crippen molar-refractivity contribution in [2.24, 2.45) is 0 Å². The van der Waals surface area contributed by atoms with Gasteiger partial charge >= 0.3 is 0 Å². The Hall–Kier alpha value is -2.93. The van der Waals surface area contributed by atoms with Crippen molar-refractivity contribution in [2.75, 3.05) is 13.7 Å². The van der Waals surface area contributed by atoms with E-state index in [0.717, 1.165) is 11.6 Å². The van der Waals surface area contributed by atoms with Gasteiger partial charge in [-0.25, -0.2) is 0 Å². The van der Waals surface area contributed by atoms with Gasteiger partial charge in [-0.15, -0.1) is 0 Å². The summed E-state index contributed by atoms with van der Waals surface area (Å²) in [5.74, 6) is -0.425. The zero-order valence-corrected chi connectivity index (χ0v) is 12.4. The van der Waals surface area contributed by atoms with Crippen LogP contribution < -0.4 is 9.47 Å². The minimum atomic E-state index is -0.825. The van der Waals surface area contributed by atoms with E-state index in [4.69, 9.17) is 14.6 Å². The number of ketones is 1. The largest absolute Gasteiger partial charge is 0.493 e. The lowest BCUT2D eigenvalue weighted by Gasteiger charge is -2.12. The highest BCUT2D eigenvalue weighted by molar-refractivity contribution is 6.01. The van der Waals surface area contributed by atoms with Crippen LogP contribution in [0.2, 0.25) is 0 Å².